The Morgan fingerprint density at radius 1 is 0.977 bits per heavy atom. The van der Waals surface area contributed by atoms with Gasteiger partial charge in [0.25, 0.3) is 10.0 Å². The van der Waals surface area contributed by atoms with E-state index in [0.29, 0.717) is 16.3 Å². The summed E-state index contributed by atoms with van der Waals surface area (Å²) in [7, 11) is -1.40. The van der Waals surface area contributed by atoms with Crippen molar-refractivity contribution in [3.05, 3.63) is 82.9 Å². The largest absolute Gasteiger partial charge is 0.497 e. The second-order valence-electron chi connectivity index (χ2n) is 11.0. The molecule has 4 rings (SSSR count). The number of sulfonamides is 1. The standard InChI is InChI=1S/C33H40ClN3O6S/c1-23-14-17-28(18-15-23)44(40,41)37(30-20-27(42-3)16-19-31(30)43-4)22-32(38)36(21-25-10-8-9-13-29(25)34)24(2)33(39)35-26-11-6-5-7-12-26/h8-10,13-20,24,26H,5-7,11-12,21-22H2,1-4H3,(H,35,39)/t24-/m0/s1. The zero-order valence-corrected chi connectivity index (χ0v) is 27.2. The number of anilines is 1. The number of carbonyl (C=O) groups is 2. The van der Waals surface area contributed by atoms with E-state index in [-0.39, 0.29) is 34.8 Å². The number of nitrogens with zero attached hydrogens (tertiary/aromatic N) is 2. The summed E-state index contributed by atoms with van der Waals surface area (Å²) in [6, 6.07) is 17.3. The number of nitrogens with one attached hydrogen (secondary N) is 1. The minimum atomic E-state index is -4.28. The van der Waals surface area contributed by atoms with Crippen LogP contribution in [0.4, 0.5) is 5.69 Å². The van der Waals surface area contributed by atoms with Gasteiger partial charge in [-0.25, -0.2) is 8.42 Å². The monoisotopic (exact) mass is 641 g/mol. The fraction of sp³-hybridized carbons (Fsp3) is 0.394. The third-order valence-corrected chi connectivity index (χ3v) is 10.1. The maximum absolute atomic E-state index is 14.3. The van der Waals surface area contributed by atoms with Gasteiger partial charge in [0.1, 0.15) is 24.1 Å². The van der Waals surface area contributed by atoms with E-state index in [4.69, 9.17) is 21.1 Å². The Kier molecular flexibility index (Phi) is 11.2. The SMILES string of the molecule is COc1ccc(OC)c(N(CC(=O)N(Cc2ccccc2Cl)[C@@H](C)C(=O)NC2CCCCC2)S(=O)(=O)c2ccc(C)cc2)c1. The van der Waals surface area contributed by atoms with Crippen LogP contribution in [0, 0.1) is 6.92 Å². The lowest BCUT2D eigenvalue weighted by atomic mass is 9.95. The number of rotatable bonds is 12. The first-order valence-corrected chi connectivity index (χ1v) is 16.5. The highest BCUT2D eigenvalue weighted by Gasteiger charge is 2.35. The van der Waals surface area contributed by atoms with Gasteiger partial charge < -0.3 is 19.7 Å². The van der Waals surface area contributed by atoms with Crippen molar-refractivity contribution in [1.29, 1.82) is 0 Å². The van der Waals surface area contributed by atoms with E-state index in [2.05, 4.69) is 5.32 Å². The van der Waals surface area contributed by atoms with Crippen molar-refractivity contribution in [1.82, 2.24) is 10.2 Å². The maximum Gasteiger partial charge on any atom is 0.264 e. The first kappa shape index (κ1) is 33.1. The molecule has 44 heavy (non-hydrogen) atoms. The molecule has 3 aromatic carbocycles. The molecule has 0 saturated heterocycles. The fourth-order valence-electron chi connectivity index (χ4n) is 5.30. The van der Waals surface area contributed by atoms with Crippen LogP contribution in [0.3, 0.4) is 0 Å². The van der Waals surface area contributed by atoms with E-state index in [9.17, 15) is 18.0 Å². The molecule has 0 radical (unpaired) electrons. The van der Waals surface area contributed by atoms with Crippen LogP contribution in [0.5, 0.6) is 11.5 Å². The van der Waals surface area contributed by atoms with Crippen molar-refractivity contribution >= 4 is 39.1 Å². The molecule has 0 bridgehead atoms. The van der Waals surface area contributed by atoms with Gasteiger partial charge in [-0.2, -0.15) is 0 Å². The van der Waals surface area contributed by atoms with E-state index >= 15 is 0 Å². The quantitative estimate of drug-likeness (QED) is 0.271. The lowest BCUT2D eigenvalue weighted by Gasteiger charge is -2.33. The number of halogens is 1. The van der Waals surface area contributed by atoms with E-state index in [1.54, 1.807) is 55.5 Å². The zero-order valence-electron chi connectivity index (χ0n) is 25.6. The third-order valence-electron chi connectivity index (χ3n) is 7.96. The molecule has 11 heteroatoms. The summed E-state index contributed by atoms with van der Waals surface area (Å²) < 4.78 is 40.3. The number of hydrogen-bond acceptors (Lipinski definition) is 6. The topological polar surface area (TPSA) is 105 Å². The van der Waals surface area contributed by atoms with Crippen LogP contribution in [0.25, 0.3) is 0 Å². The highest BCUT2D eigenvalue weighted by Crippen LogP contribution is 2.36. The summed E-state index contributed by atoms with van der Waals surface area (Å²) in [4.78, 5) is 29.2. The van der Waals surface area contributed by atoms with Gasteiger partial charge in [-0.15, -0.1) is 0 Å². The summed E-state index contributed by atoms with van der Waals surface area (Å²) in [5.41, 5.74) is 1.64. The molecule has 2 amide bonds. The van der Waals surface area contributed by atoms with Crippen molar-refractivity contribution in [3.63, 3.8) is 0 Å². The highest BCUT2D eigenvalue weighted by molar-refractivity contribution is 7.92. The molecule has 0 heterocycles. The van der Waals surface area contributed by atoms with Crippen LogP contribution >= 0.6 is 11.6 Å². The van der Waals surface area contributed by atoms with Crippen LogP contribution in [0.15, 0.2) is 71.6 Å². The maximum atomic E-state index is 14.3. The lowest BCUT2D eigenvalue weighted by molar-refractivity contribution is -0.139. The van der Waals surface area contributed by atoms with Gasteiger partial charge in [-0.1, -0.05) is 66.8 Å². The van der Waals surface area contributed by atoms with Crippen molar-refractivity contribution in [2.45, 2.75) is 69.5 Å². The van der Waals surface area contributed by atoms with Crippen molar-refractivity contribution in [2.24, 2.45) is 0 Å². The first-order valence-electron chi connectivity index (χ1n) is 14.7. The molecular weight excluding hydrogens is 602 g/mol. The van der Waals surface area contributed by atoms with E-state index in [0.717, 1.165) is 42.0 Å². The summed E-state index contributed by atoms with van der Waals surface area (Å²) in [6.45, 7) is 2.91. The van der Waals surface area contributed by atoms with Crippen molar-refractivity contribution < 1.29 is 27.5 Å². The van der Waals surface area contributed by atoms with Gasteiger partial charge in [0.2, 0.25) is 11.8 Å². The summed E-state index contributed by atoms with van der Waals surface area (Å²) >= 11 is 6.48. The van der Waals surface area contributed by atoms with Crippen LogP contribution in [-0.4, -0.2) is 58.0 Å². The Hall–Kier alpha value is -3.76. The third kappa shape index (κ3) is 7.84. The molecule has 9 nitrogen and oxygen atoms in total. The molecule has 1 aliphatic carbocycles. The number of carbonyl (C=O) groups excluding carboxylic acids is 2. The Bertz CT molecular complexity index is 1560. The number of aryl methyl sites for hydroxylation is 1. The van der Waals surface area contributed by atoms with E-state index in [1.165, 1.54) is 37.3 Å². The fourth-order valence-corrected chi connectivity index (χ4v) is 6.92. The van der Waals surface area contributed by atoms with Crippen LogP contribution < -0.4 is 19.1 Å². The summed E-state index contributed by atoms with van der Waals surface area (Å²) in [6.07, 6.45) is 4.98. The molecule has 1 fully saturated rings. The number of amides is 2. The minimum Gasteiger partial charge on any atom is -0.497 e. The van der Waals surface area contributed by atoms with Gasteiger partial charge in [-0.05, 0) is 62.6 Å². The van der Waals surface area contributed by atoms with Gasteiger partial charge in [0, 0.05) is 23.7 Å². The number of hydrogen-bond donors (Lipinski definition) is 1. The molecule has 0 aromatic heterocycles. The Morgan fingerprint density at radius 3 is 2.30 bits per heavy atom. The number of ether oxygens (including phenoxy) is 2. The Morgan fingerprint density at radius 2 is 1.66 bits per heavy atom. The van der Waals surface area contributed by atoms with E-state index < -0.39 is 28.5 Å². The minimum absolute atomic E-state index is 0.00140. The molecule has 1 N–H and O–H groups in total. The van der Waals surface area contributed by atoms with Gasteiger partial charge in [0.05, 0.1) is 24.8 Å². The summed E-state index contributed by atoms with van der Waals surface area (Å²) in [5.74, 6) is -0.276. The Labute approximate surface area is 265 Å². The van der Waals surface area contributed by atoms with Gasteiger partial charge in [-0.3, -0.25) is 13.9 Å². The lowest BCUT2D eigenvalue weighted by Crippen LogP contribution is -2.53. The van der Waals surface area contributed by atoms with Crippen molar-refractivity contribution in [2.75, 3.05) is 25.1 Å². The first-order chi connectivity index (χ1) is 21.0. The molecule has 0 aliphatic heterocycles. The molecule has 1 saturated carbocycles. The number of benzene rings is 3. The van der Waals surface area contributed by atoms with E-state index in [1.807, 2.05) is 6.92 Å². The predicted molar refractivity (Wildman–Crippen MR) is 172 cm³/mol. The van der Waals surface area contributed by atoms with Gasteiger partial charge in [0.15, 0.2) is 0 Å². The second kappa shape index (κ2) is 14.8. The highest BCUT2D eigenvalue weighted by atomic mass is 35.5. The zero-order chi connectivity index (χ0) is 31.9. The van der Waals surface area contributed by atoms with Gasteiger partial charge >= 0.3 is 0 Å². The average molecular weight is 642 g/mol. The smallest absolute Gasteiger partial charge is 0.264 e. The predicted octanol–water partition coefficient (Wildman–Crippen LogP) is 5.73. The molecule has 3 aromatic rings. The normalized spacial score (nSPS) is 14.4. The van der Waals surface area contributed by atoms with Crippen molar-refractivity contribution in [3.8, 4) is 11.5 Å². The molecule has 0 spiro atoms. The molecular formula is C33H40ClN3O6S. The molecule has 236 valence electrons. The average Bonchev–Trinajstić information content (AvgIpc) is 3.03. The van der Waals surface area contributed by atoms with Crippen LogP contribution in [-0.2, 0) is 26.2 Å². The van der Waals surface area contributed by atoms with Crippen LogP contribution in [0.1, 0.15) is 50.2 Å². The number of methoxy groups -OCH3 is 2. The second-order valence-corrected chi connectivity index (χ2v) is 13.3. The summed E-state index contributed by atoms with van der Waals surface area (Å²) in [5, 5.41) is 3.53. The molecule has 0 unspecified atom stereocenters. The van der Waals surface area contributed by atoms with Crippen LogP contribution in [0.2, 0.25) is 5.02 Å². The Balaban J connectivity index is 1.75. The molecule has 1 atom stereocenters. The molecule has 1 aliphatic rings.